The molecule has 0 aliphatic carbocycles. The van der Waals surface area contributed by atoms with Crippen LogP contribution in [0.15, 0.2) is 0 Å². The summed E-state index contributed by atoms with van der Waals surface area (Å²) >= 11 is 0. The number of nitrogens with zero attached hydrogens (tertiary/aromatic N) is 2. The lowest BCUT2D eigenvalue weighted by molar-refractivity contribution is 0.0919. The van der Waals surface area contributed by atoms with Crippen LogP contribution in [0.5, 0.6) is 0 Å². The van der Waals surface area contributed by atoms with E-state index < -0.39 is 0 Å². The molecule has 2 saturated heterocycles. The lowest BCUT2D eigenvalue weighted by Gasteiger charge is -2.40. The molecule has 2 rings (SSSR count). The zero-order chi connectivity index (χ0) is 14.0. The molecule has 2 aliphatic rings. The maximum absolute atomic E-state index is 3.50. The van der Waals surface area contributed by atoms with E-state index in [1.54, 1.807) is 0 Å². The fraction of sp³-hybridized carbons (Fsp3) is 1.00. The zero-order valence-electron chi connectivity index (χ0n) is 13.6. The standard InChI is InChI=1S/C17H35N3/c1-2-10-18-11-4-7-12-19-15-8-17(9-16-19)20-13-5-3-6-14-20/h17-18H,2-16H2,1H3. The summed E-state index contributed by atoms with van der Waals surface area (Å²) in [6.07, 6.45) is 11.1. The van der Waals surface area contributed by atoms with Gasteiger partial charge in [-0.1, -0.05) is 13.3 Å². The molecule has 3 heteroatoms. The monoisotopic (exact) mass is 281 g/mol. The first-order valence-corrected chi connectivity index (χ1v) is 9.07. The van der Waals surface area contributed by atoms with Crippen molar-refractivity contribution >= 4 is 0 Å². The van der Waals surface area contributed by atoms with Crippen molar-refractivity contribution in [3.05, 3.63) is 0 Å². The Morgan fingerprint density at radius 1 is 0.900 bits per heavy atom. The van der Waals surface area contributed by atoms with Gasteiger partial charge in [0.05, 0.1) is 0 Å². The van der Waals surface area contributed by atoms with E-state index in [1.165, 1.54) is 97.2 Å². The average molecular weight is 281 g/mol. The first-order chi connectivity index (χ1) is 9.90. The van der Waals surface area contributed by atoms with Gasteiger partial charge in [0.1, 0.15) is 0 Å². The van der Waals surface area contributed by atoms with Crippen molar-refractivity contribution in [1.29, 1.82) is 0 Å². The number of nitrogens with one attached hydrogen (secondary N) is 1. The fourth-order valence-corrected chi connectivity index (χ4v) is 3.68. The van der Waals surface area contributed by atoms with Gasteiger partial charge in [0.25, 0.3) is 0 Å². The third-order valence-corrected chi connectivity index (χ3v) is 4.97. The molecule has 0 amide bonds. The SMILES string of the molecule is CCCNCCCCN1CCC(N2CCCCC2)CC1. The Kier molecular flexibility index (Phi) is 7.92. The van der Waals surface area contributed by atoms with Gasteiger partial charge >= 0.3 is 0 Å². The Bertz CT molecular complexity index is 230. The molecule has 0 aromatic rings. The second kappa shape index (κ2) is 9.75. The molecule has 0 aromatic carbocycles. The third kappa shape index (κ3) is 5.71. The van der Waals surface area contributed by atoms with Crippen molar-refractivity contribution in [1.82, 2.24) is 15.1 Å². The van der Waals surface area contributed by atoms with Crippen molar-refractivity contribution in [2.45, 2.75) is 64.3 Å². The van der Waals surface area contributed by atoms with Gasteiger partial charge in [-0.15, -0.1) is 0 Å². The number of unbranched alkanes of at least 4 members (excludes halogenated alkanes) is 1. The lowest BCUT2D eigenvalue weighted by Crippen LogP contribution is -2.46. The van der Waals surface area contributed by atoms with Gasteiger partial charge in [-0.2, -0.15) is 0 Å². The smallest absolute Gasteiger partial charge is 0.0120 e. The number of hydrogen-bond donors (Lipinski definition) is 1. The molecule has 0 unspecified atom stereocenters. The van der Waals surface area contributed by atoms with E-state index in [1.807, 2.05) is 0 Å². The Morgan fingerprint density at radius 2 is 1.65 bits per heavy atom. The van der Waals surface area contributed by atoms with E-state index in [0.29, 0.717) is 0 Å². The Balaban J connectivity index is 1.50. The van der Waals surface area contributed by atoms with E-state index in [-0.39, 0.29) is 0 Å². The van der Waals surface area contributed by atoms with E-state index >= 15 is 0 Å². The maximum atomic E-state index is 3.50. The maximum Gasteiger partial charge on any atom is 0.0120 e. The molecule has 0 spiro atoms. The highest BCUT2D eigenvalue weighted by Crippen LogP contribution is 2.20. The minimum atomic E-state index is 0.901. The van der Waals surface area contributed by atoms with Gasteiger partial charge in [-0.05, 0) is 90.8 Å². The van der Waals surface area contributed by atoms with Gasteiger partial charge in [-0.25, -0.2) is 0 Å². The van der Waals surface area contributed by atoms with Crippen LogP contribution in [0.1, 0.15) is 58.3 Å². The molecule has 3 nitrogen and oxygen atoms in total. The molecule has 0 atom stereocenters. The summed E-state index contributed by atoms with van der Waals surface area (Å²) in [5.41, 5.74) is 0. The van der Waals surface area contributed by atoms with Gasteiger partial charge in [-0.3, -0.25) is 0 Å². The summed E-state index contributed by atoms with van der Waals surface area (Å²) in [7, 11) is 0. The van der Waals surface area contributed by atoms with Crippen LogP contribution in [0, 0.1) is 0 Å². The van der Waals surface area contributed by atoms with Gasteiger partial charge in [0.2, 0.25) is 0 Å². The highest BCUT2D eigenvalue weighted by atomic mass is 15.2. The third-order valence-electron chi connectivity index (χ3n) is 4.97. The predicted octanol–water partition coefficient (Wildman–Crippen LogP) is 2.72. The number of piperidine rings is 2. The van der Waals surface area contributed by atoms with E-state index in [2.05, 4.69) is 22.0 Å². The molecule has 0 radical (unpaired) electrons. The molecule has 0 bridgehead atoms. The second-order valence-corrected chi connectivity index (χ2v) is 6.63. The molecular weight excluding hydrogens is 246 g/mol. The summed E-state index contributed by atoms with van der Waals surface area (Å²) in [4.78, 5) is 5.47. The van der Waals surface area contributed by atoms with Crippen LogP contribution in [0.25, 0.3) is 0 Å². The van der Waals surface area contributed by atoms with Crippen molar-refractivity contribution in [2.75, 3.05) is 45.8 Å². The van der Waals surface area contributed by atoms with Crippen LogP contribution in [0.2, 0.25) is 0 Å². The largest absolute Gasteiger partial charge is 0.317 e. The normalized spacial score (nSPS) is 23.2. The van der Waals surface area contributed by atoms with Crippen molar-refractivity contribution in [3.63, 3.8) is 0 Å². The molecule has 1 N–H and O–H groups in total. The van der Waals surface area contributed by atoms with Gasteiger partial charge < -0.3 is 15.1 Å². The number of likely N-dealkylation sites (tertiary alicyclic amines) is 2. The summed E-state index contributed by atoms with van der Waals surface area (Å²) < 4.78 is 0. The van der Waals surface area contributed by atoms with E-state index in [4.69, 9.17) is 0 Å². The van der Waals surface area contributed by atoms with Crippen LogP contribution in [-0.4, -0.2) is 61.7 Å². The minimum Gasteiger partial charge on any atom is -0.317 e. The first kappa shape index (κ1) is 16.3. The summed E-state index contributed by atoms with van der Waals surface area (Å²) in [6, 6.07) is 0.901. The summed E-state index contributed by atoms with van der Waals surface area (Å²) in [5, 5.41) is 3.50. The van der Waals surface area contributed by atoms with E-state index in [9.17, 15) is 0 Å². The molecule has 0 aromatic heterocycles. The summed E-state index contributed by atoms with van der Waals surface area (Å²) in [5.74, 6) is 0. The van der Waals surface area contributed by atoms with Crippen LogP contribution in [-0.2, 0) is 0 Å². The average Bonchev–Trinajstić information content (AvgIpc) is 2.52. The second-order valence-electron chi connectivity index (χ2n) is 6.63. The lowest BCUT2D eigenvalue weighted by atomic mass is 10.00. The molecular formula is C17H35N3. The quantitative estimate of drug-likeness (QED) is 0.690. The molecule has 0 saturated carbocycles. The van der Waals surface area contributed by atoms with Crippen molar-refractivity contribution < 1.29 is 0 Å². The predicted molar refractivity (Wildman–Crippen MR) is 87.3 cm³/mol. The Labute approximate surface area is 126 Å². The fourth-order valence-electron chi connectivity index (χ4n) is 3.68. The molecule has 20 heavy (non-hydrogen) atoms. The van der Waals surface area contributed by atoms with Gasteiger partial charge in [0, 0.05) is 6.04 Å². The highest BCUT2D eigenvalue weighted by Gasteiger charge is 2.24. The van der Waals surface area contributed by atoms with Crippen molar-refractivity contribution in [3.8, 4) is 0 Å². The van der Waals surface area contributed by atoms with Crippen LogP contribution in [0.3, 0.4) is 0 Å². The van der Waals surface area contributed by atoms with Crippen molar-refractivity contribution in [2.24, 2.45) is 0 Å². The van der Waals surface area contributed by atoms with Crippen LogP contribution in [0.4, 0.5) is 0 Å². The Morgan fingerprint density at radius 3 is 2.35 bits per heavy atom. The van der Waals surface area contributed by atoms with Gasteiger partial charge in [0.15, 0.2) is 0 Å². The molecule has 2 aliphatic heterocycles. The number of rotatable bonds is 8. The first-order valence-electron chi connectivity index (χ1n) is 9.07. The summed E-state index contributed by atoms with van der Waals surface area (Å²) in [6.45, 7) is 11.4. The molecule has 118 valence electrons. The van der Waals surface area contributed by atoms with Crippen LogP contribution < -0.4 is 5.32 Å². The van der Waals surface area contributed by atoms with E-state index in [0.717, 1.165) is 6.04 Å². The highest BCUT2D eigenvalue weighted by molar-refractivity contribution is 4.81. The van der Waals surface area contributed by atoms with Crippen LogP contribution >= 0.6 is 0 Å². The zero-order valence-corrected chi connectivity index (χ0v) is 13.6. The number of hydrogen-bond acceptors (Lipinski definition) is 3. The topological polar surface area (TPSA) is 18.5 Å². The minimum absolute atomic E-state index is 0.901. The Hall–Kier alpha value is -0.120. The molecule has 2 fully saturated rings. The molecule has 2 heterocycles.